The number of amides is 1. The van der Waals surface area contributed by atoms with Crippen molar-refractivity contribution in [3.63, 3.8) is 0 Å². The van der Waals surface area contributed by atoms with Crippen molar-refractivity contribution in [2.45, 2.75) is 13.8 Å². The summed E-state index contributed by atoms with van der Waals surface area (Å²) in [6.07, 6.45) is 1.46. The van der Waals surface area contributed by atoms with Crippen molar-refractivity contribution in [1.29, 1.82) is 0 Å². The fraction of sp³-hybridized carbons (Fsp3) is 0.235. The first-order chi connectivity index (χ1) is 12.4. The molecule has 1 aromatic carbocycles. The summed E-state index contributed by atoms with van der Waals surface area (Å²) in [5, 5.41) is 22.4. The number of carbonyl (C=O) groups excluding carboxylic acids is 1. The van der Waals surface area contributed by atoms with Crippen molar-refractivity contribution in [3.05, 3.63) is 35.0 Å². The molecule has 2 aromatic heterocycles. The number of nitrogens with zero attached hydrogens (tertiary/aromatic N) is 3. The lowest BCUT2D eigenvalue weighted by molar-refractivity contribution is 0.100. The van der Waals surface area contributed by atoms with Crippen LogP contribution in [0.4, 0.5) is 11.8 Å². The second kappa shape index (κ2) is 6.52. The highest BCUT2D eigenvalue weighted by Gasteiger charge is 2.24. The smallest absolute Gasteiger partial charge is 0.253 e. The van der Waals surface area contributed by atoms with Gasteiger partial charge >= 0.3 is 0 Å². The lowest BCUT2D eigenvalue weighted by atomic mass is 10.1. The van der Waals surface area contributed by atoms with Crippen LogP contribution < -0.4 is 16.8 Å². The molecule has 0 aliphatic rings. The van der Waals surface area contributed by atoms with Crippen LogP contribution in [0.5, 0.6) is 5.75 Å². The van der Waals surface area contributed by atoms with E-state index in [1.54, 1.807) is 23.6 Å². The number of aromatic nitrogens is 3. The third-order valence-corrected chi connectivity index (χ3v) is 4.22. The van der Waals surface area contributed by atoms with E-state index in [4.69, 9.17) is 16.6 Å². The fourth-order valence-electron chi connectivity index (χ4n) is 2.99. The number of nitrogens with two attached hydrogens (primary N) is 2. The maximum absolute atomic E-state index is 11.9. The van der Waals surface area contributed by atoms with Crippen molar-refractivity contribution in [2.24, 2.45) is 5.73 Å². The molecule has 3 rings (SSSR count). The molecule has 0 aliphatic carbocycles. The first kappa shape index (κ1) is 17.5. The zero-order valence-electron chi connectivity index (χ0n) is 14.4. The molecule has 9 heteroatoms. The van der Waals surface area contributed by atoms with Gasteiger partial charge in [0.1, 0.15) is 11.6 Å². The summed E-state index contributed by atoms with van der Waals surface area (Å²) in [5.74, 6) is -0.198. The minimum atomic E-state index is -0.693. The highest BCUT2D eigenvalue weighted by atomic mass is 16.3. The highest BCUT2D eigenvalue weighted by molar-refractivity contribution is 6.10. The van der Waals surface area contributed by atoms with Gasteiger partial charge in [0, 0.05) is 18.3 Å². The number of benzene rings is 1. The number of nitrogen functional groups attached to an aromatic ring is 1. The van der Waals surface area contributed by atoms with Crippen molar-refractivity contribution in [1.82, 2.24) is 14.5 Å². The Morgan fingerprint density at radius 3 is 2.73 bits per heavy atom. The predicted molar refractivity (Wildman–Crippen MR) is 98.5 cm³/mol. The number of carbonyl (C=O) groups is 1. The number of anilines is 2. The van der Waals surface area contributed by atoms with Crippen LogP contribution in [0.1, 0.15) is 21.5 Å². The van der Waals surface area contributed by atoms with E-state index >= 15 is 0 Å². The molecule has 2 heterocycles. The summed E-state index contributed by atoms with van der Waals surface area (Å²) >= 11 is 0. The Morgan fingerprint density at radius 2 is 2.08 bits per heavy atom. The Morgan fingerprint density at radius 1 is 1.35 bits per heavy atom. The highest BCUT2D eigenvalue weighted by Crippen LogP contribution is 2.35. The Hall–Kier alpha value is -3.33. The molecule has 9 nitrogen and oxygen atoms in total. The van der Waals surface area contributed by atoms with Crippen LogP contribution in [0.2, 0.25) is 0 Å². The van der Waals surface area contributed by atoms with Gasteiger partial charge in [-0.05, 0) is 25.5 Å². The molecule has 0 saturated carbocycles. The predicted octanol–water partition coefficient (Wildman–Crippen LogP) is 0.828. The normalized spacial score (nSPS) is 11.0. The van der Waals surface area contributed by atoms with E-state index in [0.29, 0.717) is 22.3 Å². The van der Waals surface area contributed by atoms with Gasteiger partial charge in [-0.1, -0.05) is 6.07 Å². The monoisotopic (exact) mass is 356 g/mol. The van der Waals surface area contributed by atoms with Crippen LogP contribution in [0.3, 0.4) is 0 Å². The maximum atomic E-state index is 11.9. The molecule has 0 radical (unpaired) electrons. The Kier molecular flexibility index (Phi) is 4.39. The zero-order chi connectivity index (χ0) is 19.0. The lowest BCUT2D eigenvalue weighted by Gasteiger charge is -2.15. The number of hydrogen-bond donors (Lipinski definition) is 5. The standard InChI is InChI=1S/C17H20N6O3/c1-8-3-4-11(25)9(2)13(8)23-14(18)12(15(19)26)10-7-21-17(20-5-6-24)22-16(10)23/h3-4,7,24-25H,5-6,18H2,1-2H3,(H2,19,26)(H,20,21,22). The second-order valence-corrected chi connectivity index (χ2v) is 5.92. The quantitative estimate of drug-likeness (QED) is 0.454. The zero-order valence-corrected chi connectivity index (χ0v) is 14.4. The Balaban J connectivity index is 2.39. The number of primary amides is 1. The summed E-state index contributed by atoms with van der Waals surface area (Å²) in [7, 11) is 0. The number of aliphatic hydroxyl groups is 1. The van der Waals surface area contributed by atoms with Gasteiger partial charge in [-0.2, -0.15) is 4.98 Å². The number of nitrogens with one attached hydrogen (secondary N) is 1. The van der Waals surface area contributed by atoms with Gasteiger partial charge in [0.2, 0.25) is 5.95 Å². The molecule has 0 unspecified atom stereocenters. The lowest BCUT2D eigenvalue weighted by Crippen LogP contribution is -2.14. The average Bonchev–Trinajstić information content (AvgIpc) is 2.88. The Labute approximate surface area is 149 Å². The summed E-state index contributed by atoms with van der Waals surface area (Å²) in [4.78, 5) is 20.5. The van der Waals surface area contributed by atoms with Gasteiger partial charge < -0.3 is 27.0 Å². The summed E-state index contributed by atoms with van der Waals surface area (Å²) in [6, 6.07) is 3.34. The molecule has 7 N–H and O–H groups in total. The molecule has 0 spiro atoms. The summed E-state index contributed by atoms with van der Waals surface area (Å²) < 4.78 is 1.59. The number of phenolic OH excluding ortho intramolecular Hbond substituents is 1. The molecule has 136 valence electrons. The number of fused-ring (bicyclic) bond motifs is 1. The first-order valence-corrected chi connectivity index (χ1v) is 7.97. The first-order valence-electron chi connectivity index (χ1n) is 7.97. The fourth-order valence-corrected chi connectivity index (χ4v) is 2.99. The number of hydrogen-bond acceptors (Lipinski definition) is 7. The minimum absolute atomic E-state index is 0.0815. The SMILES string of the molecule is Cc1ccc(O)c(C)c1-n1c(N)c(C(N)=O)c2cnc(NCCO)nc21. The van der Waals surface area contributed by atoms with E-state index < -0.39 is 5.91 Å². The van der Waals surface area contributed by atoms with E-state index in [-0.39, 0.29) is 36.2 Å². The van der Waals surface area contributed by atoms with E-state index in [0.717, 1.165) is 5.56 Å². The molecule has 0 atom stereocenters. The van der Waals surface area contributed by atoms with E-state index in [9.17, 15) is 9.90 Å². The van der Waals surface area contributed by atoms with Crippen molar-refractivity contribution in [2.75, 3.05) is 24.2 Å². The van der Waals surface area contributed by atoms with Crippen LogP contribution >= 0.6 is 0 Å². The number of aromatic hydroxyl groups is 1. The van der Waals surface area contributed by atoms with Crippen LogP contribution in [-0.2, 0) is 0 Å². The molecule has 1 amide bonds. The number of rotatable bonds is 5. The van der Waals surface area contributed by atoms with E-state index in [1.807, 2.05) is 6.92 Å². The molecule has 26 heavy (non-hydrogen) atoms. The second-order valence-electron chi connectivity index (χ2n) is 5.92. The van der Waals surface area contributed by atoms with Gasteiger partial charge in [0.05, 0.1) is 23.2 Å². The summed E-state index contributed by atoms with van der Waals surface area (Å²) in [5.41, 5.74) is 14.3. The molecular weight excluding hydrogens is 336 g/mol. The van der Waals surface area contributed by atoms with Crippen LogP contribution in [0.25, 0.3) is 16.7 Å². The number of phenols is 1. The van der Waals surface area contributed by atoms with Gasteiger partial charge in [-0.15, -0.1) is 0 Å². The third-order valence-electron chi connectivity index (χ3n) is 4.22. The maximum Gasteiger partial charge on any atom is 0.253 e. The molecule has 0 bridgehead atoms. The third kappa shape index (κ3) is 2.68. The van der Waals surface area contributed by atoms with E-state index in [1.165, 1.54) is 6.20 Å². The van der Waals surface area contributed by atoms with Crippen LogP contribution in [-0.4, -0.2) is 43.8 Å². The summed E-state index contributed by atoms with van der Waals surface area (Å²) in [6.45, 7) is 3.80. The minimum Gasteiger partial charge on any atom is -0.508 e. The number of aliphatic hydroxyl groups excluding tert-OH is 1. The molecule has 0 aliphatic heterocycles. The molecule has 0 saturated heterocycles. The van der Waals surface area contributed by atoms with Crippen LogP contribution in [0.15, 0.2) is 18.3 Å². The molecular formula is C17H20N6O3. The molecule has 3 aromatic rings. The van der Waals surface area contributed by atoms with Crippen molar-refractivity contribution >= 4 is 28.7 Å². The van der Waals surface area contributed by atoms with Crippen molar-refractivity contribution in [3.8, 4) is 11.4 Å². The van der Waals surface area contributed by atoms with Crippen molar-refractivity contribution < 1.29 is 15.0 Å². The van der Waals surface area contributed by atoms with Gasteiger partial charge in [0.15, 0.2) is 5.65 Å². The van der Waals surface area contributed by atoms with Gasteiger partial charge in [-0.3, -0.25) is 9.36 Å². The molecule has 0 fully saturated rings. The van der Waals surface area contributed by atoms with E-state index in [2.05, 4.69) is 15.3 Å². The largest absolute Gasteiger partial charge is 0.508 e. The topological polar surface area (TPSA) is 152 Å². The van der Waals surface area contributed by atoms with Gasteiger partial charge in [-0.25, -0.2) is 4.98 Å². The number of aryl methyl sites for hydroxylation is 1. The Bertz CT molecular complexity index is 1010. The van der Waals surface area contributed by atoms with Gasteiger partial charge in [0.25, 0.3) is 5.91 Å². The van der Waals surface area contributed by atoms with Crippen LogP contribution in [0, 0.1) is 13.8 Å². The average molecular weight is 356 g/mol.